The number of hydrogen-bond donors (Lipinski definition) is 1. The van der Waals surface area contributed by atoms with Gasteiger partial charge in [-0.05, 0) is 34.9 Å². The SMILES string of the molecule is CCN(C)S(=O)(=O)Nc1ccc(F)c(C(=O)c2cn(C(c3ccccc3)(c3ccccc3)c3ccccc3)c3ncc(C#C[Si](C)(C)C)cc23)c1F. The van der Waals surface area contributed by atoms with Gasteiger partial charge in [0.25, 0.3) is 0 Å². The third-order valence-electron chi connectivity index (χ3n) is 8.82. The summed E-state index contributed by atoms with van der Waals surface area (Å²) < 4.78 is 62.7. The molecule has 0 aliphatic rings. The van der Waals surface area contributed by atoms with Crippen molar-refractivity contribution in [2.45, 2.75) is 32.1 Å². The lowest BCUT2D eigenvalue weighted by atomic mass is 9.76. The van der Waals surface area contributed by atoms with Crippen LogP contribution in [-0.2, 0) is 15.7 Å². The third kappa shape index (κ3) is 6.80. The zero-order valence-corrected chi connectivity index (χ0v) is 31.3. The Morgan fingerprint density at radius 3 is 1.92 bits per heavy atom. The van der Waals surface area contributed by atoms with Crippen LogP contribution in [0.25, 0.3) is 11.0 Å². The molecule has 6 aromatic rings. The summed E-state index contributed by atoms with van der Waals surface area (Å²) in [6, 6.07) is 32.8. The van der Waals surface area contributed by atoms with Crippen molar-refractivity contribution in [3.63, 3.8) is 0 Å². The van der Waals surface area contributed by atoms with Crippen molar-refractivity contribution in [1.29, 1.82) is 0 Å². The van der Waals surface area contributed by atoms with Crippen LogP contribution in [0.2, 0.25) is 19.6 Å². The molecule has 0 saturated carbocycles. The van der Waals surface area contributed by atoms with Crippen LogP contribution in [0.3, 0.4) is 0 Å². The monoisotopic (exact) mass is 732 g/mol. The highest BCUT2D eigenvalue weighted by Gasteiger charge is 2.41. The van der Waals surface area contributed by atoms with Gasteiger partial charge in [0.1, 0.15) is 25.1 Å². The topological polar surface area (TPSA) is 84.3 Å². The average molecular weight is 733 g/mol. The third-order valence-corrected chi connectivity index (χ3v) is 11.3. The number of anilines is 1. The number of nitrogens with one attached hydrogen (secondary N) is 1. The predicted molar refractivity (Wildman–Crippen MR) is 205 cm³/mol. The van der Waals surface area contributed by atoms with E-state index >= 15 is 8.78 Å². The van der Waals surface area contributed by atoms with Gasteiger partial charge < -0.3 is 4.57 Å². The van der Waals surface area contributed by atoms with Crippen LogP contribution in [0.1, 0.15) is 45.1 Å². The van der Waals surface area contributed by atoms with Crippen molar-refractivity contribution in [1.82, 2.24) is 13.9 Å². The molecule has 4 aromatic carbocycles. The lowest BCUT2D eigenvalue weighted by molar-refractivity contribution is 0.103. The fraction of sp³-hybridized carbons (Fsp3) is 0.171. The minimum atomic E-state index is -4.19. The number of ketones is 1. The Kier molecular flexibility index (Phi) is 10.0. The van der Waals surface area contributed by atoms with Gasteiger partial charge in [-0.15, -0.1) is 5.54 Å². The van der Waals surface area contributed by atoms with Gasteiger partial charge in [0, 0.05) is 36.9 Å². The fourth-order valence-electron chi connectivity index (χ4n) is 6.19. The molecule has 7 nitrogen and oxygen atoms in total. The second-order valence-corrected chi connectivity index (χ2v) is 20.0. The largest absolute Gasteiger partial charge is 0.313 e. The van der Waals surface area contributed by atoms with E-state index < -0.39 is 52.5 Å². The van der Waals surface area contributed by atoms with Crippen molar-refractivity contribution >= 4 is 40.8 Å². The summed E-state index contributed by atoms with van der Waals surface area (Å²) in [6.45, 7) is 8.04. The van der Waals surface area contributed by atoms with Crippen LogP contribution in [0, 0.1) is 23.1 Å². The van der Waals surface area contributed by atoms with E-state index in [1.54, 1.807) is 25.4 Å². The smallest absolute Gasteiger partial charge is 0.301 e. The highest BCUT2D eigenvalue weighted by molar-refractivity contribution is 7.90. The summed E-state index contributed by atoms with van der Waals surface area (Å²) in [5, 5.41) is 0.329. The maximum atomic E-state index is 16.3. The Balaban J connectivity index is 1.70. The number of benzene rings is 4. The number of hydrogen-bond acceptors (Lipinski definition) is 4. The second-order valence-electron chi connectivity index (χ2n) is 13.5. The van der Waals surface area contributed by atoms with Gasteiger partial charge in [-0.1, -0.05) is 123 Å². The Labute approximate surface area is 304 Å². The molecule has 0 atom stereocenters. The molecule has 2 aromatic heterocycles. The number of halogens is 2. The summed E-state index contributed by atoms with van der Waals surface area (Å²) in [5.74, 6) is -0.256. The quantitative estimate of drug-likeness (QED) is 0.0666. The number of rotatable bonds is 10. The van der Waals surface area contributed by atoms with Gasteiger partial charge in [-0.3, -0.25) is 9.52 Å². The summed E-state index contributed by atoms with van der Waals surface area (Å²) in [5.41, 5.74) is 4.19. The van der Waals surface area contributed by atoms with Gasteiger partial charge in [0.15, 0.2) is 5.82 Å². The molecule has 0 aliphatic heterocycles. The van der Waals surface area contributed by atoms with E-state index in [-0.39, 0.29) is 12.1 Å². The Hall–Kier alpha value is -5.41. The number of carbonyl (C=O) groups excluding carboxylic acids is 1. The van der Waals surface area contributed by atoms with Gasteiger partial charge in [-0.2, -0.15) is 12.7 Å². The minimum absolute atomic E-state index is 0.0326. The highest BCUT2D eigenvalue weighted by Crippen LogP contribution is 2.44. The van der Waals surface area contributed by atoms with Crippen molar-refractivity contribution in [2.24, 2.45) is 0 Å². The van der Waals surface area contributed by atoms with E-state index in [1.807, 2.05) is 95.6 Å². The van der Waals surface area contributed by atoms with E-state index in [0.717, 1.165) is 33.1 Å². The second kappa shape index (κ2) is 14.3. The van der Waals surface area contributed by atoms with Crippen LogP contribution in [0.15, 0.2) is 122 Å². The first-order valence-electron chi connectivity index (χ1n) is 16.8. The van der Waals surface area contributed by atoms with Crippen molar-refractivity contribution in [3.8, 4) is 11.5 Å². The number of nitrogens with zero attached hydrogens (tertiary/aromatic N) is 3. The standard InChI is InChI=1S/C41H38F2N4O3SSi/c1-6-46(2)51(49,50)45-36-23-22-35(42)37(38(36)43)39(48)34-28-47(40-33(34)26-29(27-44-40)24-25-52(3,4)5)41(30-16-10-7-11-17-30,31-18-12-8-13-19-31)32-20-14-9-15-21-32/h7-23,26-28,45H,6H2,1-5H3. The fourth-order valence-corrected chi connectivity index (χ4v) is 7.64. The maximum absolute atomic E-state index is 16.3. The van der Waals surface area contributed by atoms with Gasteiger partial charge >= 0.3 is 10.2 Å². The predicted octanol–water partition coefficient (Wildman–Crippen LogP) is 8.22. The van der Waals surface area contributed by atoms with Crippen molar-refractivity contribution in [3.05, 3.63) is 167 Å². The van der Waals surface area contributed by atoms with Gasteiger partial charge in [0.2, 0.25) is 5.78 Å². The van der Waals surface area contributed by atoms with E-state index in [0.29, 0.717) is 16.6 Å². The van der Waals surface area contributed by atoms with Gasteiger partial charge in [-0.25, -0.2) is 13.8 Å². The molecule has 0 spiro atoms. The zero-order valence-electron chi connectivity index (χ0n) is 29.5. The Bertz CT molecular complexity index is 2340. The molecule has 0 saturated heterocycles. The lowest BCUT2D eigenvalue weighted by Crippen LogP contribution is -2.37. The molecule has 2 heterocycles. The first kappa shape index (κ1) is 36.4. The van der Waals surface area contributed by atoms with E-state index in [2.05, 4.69) is 35.8 Å². The van der Waals surface area contributed by atoms with E-state index in [1.165, 1.54) is 7.05 Å². The molecule has 0 bridgehead atoms. The van der Waals surface area contributed by atoms with Crippen LogP contribution in [-0.4, -0.2) is 49.7 Å². The van der Waals surface area contributed by atoms with E-state index in [4.69, 9.17) is 4.98 Å². The first-order chi connectivity index (χ1) is 24.8. The molecule has 0 unspecified atom stereocenters. The first-order valence-corrected chi connectivity index (χ1v) is 21.7. The van der Waals surface area contributed by atoms with Crippen LogP contribution in [0.5, 0.6) is 0 Å². The minimum Gasteiger partial charge on any atom is -0.313 e. The lowest BCUT2D eigenvalue weighted by Gasteiger charge is -2.38. The average Bonchev–Trinajstić information content (AvgIpc) is 3.52. The van der Waals surface area contributed by atoms with Crippen LogP contribution < -0.4 is 4.72 Å². The van der Waals surface area contributed by atoms with Crippen LogP contribution in [0.4, 0.5) is 14.5 Å². The van der Waals surface area contributed by atoms with Crippen LogP contribution >= 0.6 is 0 Å². The Morgan fingerprint density at radius 2 is 1.42 bits per heavy atom. The van der Waals surface area contributed by atoms with Crippen molar-refractivity contribution < 1.29 is 22.0 Å². The highest BCUT2D eigenvalue weighted by atomic mass is 32.2. The summed E-state index contributed by atoms with van der Waals surface area (Å²) in [6.07, 6.45) is 3.23. The molecular formula is C41H38F2N4O3SSi. The number of pyridine rings is 1. The molecular weight excluding hydrogens is 695 g/mol. The summed E-state index contributed by atoms with van der Waals surface area (Å²) >= 11 is 0. The summed E-state index contributed by atoms with van der Waals surface area (Å²) in [4.78, 5) is 19.5. The molecule has 0 amide bonds. The maximum Gasteiger partial charge on any atom is 0.301 e. The number of carbonyl (C=O) groups is 1. The molecule has 11 heteroatoms. The molecule has 0 fully saturated rings. The number of fused-ring (bicyclic) bond motifs is 1. The Morgan fingerprint density at radius 1 is 0.885 bits per heavy atom. The molecule has 0 aliphatic carbocycles. The molecule has 52 heavy (non-hydrogen) atoms. The zero-order chi connectivity index (χ0) is 37.3. The summed E-state index contributed by atoms with van der Waals surface area (Å²) in [7, 11) is -4.69. The molecule has 264 valence electrons. The van der Waals surface area contributed by atoms with Gasteiger partial charge in [0.05, 0.1) is 16.8 Å². The molecule has 1 N–H and O–H groups in total. The van der Waals surface area contributed by atoms with Crippen molar-refractivity contribution in [2.75, 3.05) is 18.3 Å². The molecule has 0 radical (unpaired) electrons. The normalized spacial score (nSPS) is 12.1. The van der Waals surface area contributed by atoms with E-state index in [9.17, 15) is 13.2 Å². The molecule has 6 rings (SSSR count). The number of aromatic nitrogens is 2.